The van der Waals surface area contributed by atoms with Crippen LogP contribution in [0.1, 0.15) is 40.3 Å². The second kappa shape index (κ2) is 5.41. The molecule has 2 aliphatic heterocycles. The van der Waals surface area contributed by atoms with Crippen LogP contribution in [0.2, 0.25) is 0 Å². The van der Waals surface area contributed by atoms with Gasteiger partial charge < -0.3 is 0 Å². The molecule has 0 saturated carbocycles. The van der Waals surface area contributed by atoms with E-state index in [2.05, 4.69) is 20.3 Å². The quantitative estimate of drug-likeness (QED) is 0.697. The minimum Gasteiger partial charge on any atom is -0.282 e. The number of rotatable bonds is 2. The summed E-state index contributed by atoms with van der Waals surface area (Å²) in [4.78, 5) is 3.01. The average Bonchev–Trinajstić information content (AvgIpc) is 3.31. The van der Waals surface area contributed by atoms with Gasteiger partial charge in [0.25, 0.3) is 0 Å². The lowest BCUT2D eigenvalue weighted by atomic mass is 10.0. The molecule has 146 valence electrons. The number of aromatic nitrogens is 5. The number of alkyl halides is 3. The zero-order valence-electron chi connectivity index (χ0n) is 14.3. The summed E-state index contributed by atoms with van der Waals surface area (Å²) in [5.74, 6) is 0. The molecule has 0 fully saturated rings. The molecule has 1 N–H and O–H groups in total. The fraction of sp³-hybridized carbons (Fsp3) is 0.312. The molecule has 5 rings (SSSR count). The molecule has 0 aromatic carbocycles. The second-order valence-electron chi connectivity index (χ2n) is 6.75. The van der Waals surface area contributed by atoms with E-state index in [4.69, 9.17) is 0 Å². The van der Waals surface area contributed by atoms with E-state index < -0.39 is 34.0 Å². The maximum atomic E-state index is 13.4. The molecule has 0 amide bonds. The van der Waals surface area contributed by atoms with Crippen molar-refractivity contribution in [2.24, 2.45) is 7.05 Å². The number of hydrogen-bond donors (Lipinski definition) is 1. The highest BCUT2D eigenvalue weighted by Gasteiger charge is 2.52. The van der Waals surface area contributed by atoms with E-state index in [1.165, 1.54) is 4.31 Å². The fourth-order valence-corrected chi connectivity index (χ4v) is 5.74. The van der Waals surface area contributed by atoms with Crippen molar-refractivity contribution in [3.8, 4) is 0 Å². The SMILES string of the molecule is Cn1ncc2c1[C@H]1Cc3[nH]ncc3[C@@H]2N1S(=O)(=O)c1ccc(C(F)(F)F)nc1. The monoisotopic (exact) mass is 410 g/mol. The molecule has 5 heterocycles. The van der Waals surface area contributed by atoms with Gasteiger partial charge in [0.2, 0.25) is 10.0 Å². The topological polar surface area (TPSA) is 96.8 Å². The predicted octanol–water partition coefficient (Wildman–Crippen LogP) is 1.95. The number of aryl methyl sites for hydroxylation is 1. The predicted molar refractivity (Wildman–Crippen MR) is 88.3 cm³/mol. The van der Waals surface area contributed by atoms with Gasteiger partial charge in [-0.1, -0.05) is 0 Å². The summed E-state index contributed by atoms with van der Waals surface area (Å²) >= 11 is 0. The van der Waals surface area contributed by atoms with E-state index in [9.17, 15) is 21.6 Å². The summed E-state index contributed by atoms with van der Waals surface area (Å²) in [7, 11) is -2.38. The van der Waals surface area contributed by atoms with Crippen LogP contribution in [0.4, 0.5) is 13.2 Å². The molecular weight excluding hydrogens is 397 g/mol. The number of sulfonamides is 1. The van der Waals surface area contributed by atoms with E-state index in [0.717, 1.165) is 29.2 Å². The highest BCUT2D eigenvalue weighted by Crippen LogP contribution is 2.53. The Morgan fingerprint density at radius 1 is 1.18 bits per heavy atom. The summed E-state index contributed by atoms with van der Waals surface area (Å²) in [6.45, 7) is 0. The lowest BCUT2D eigenvalue weighted by Crippen LogP contribution is -2.38. The first-order chi connectivity index (χ1) is 13.2. The van der Waals surface area contributed by atoms with E-state index in [1.807, 2.05) is 0 Å². The normalized spacial score (nSPS) is 21.6. The fourth-order valence-electron chi connectivity index (χ4n) is 4.05. The van der Waals surface area contributed by atoms with Crippen LogP contribution in [-0.4, -0.2) is 37.7 Å². The van der Waals surface area contributed by atoms with Crippen molar-refractivity contribution in [3.63, 3.8) is 0 Å². The van der Waals surface area contributed by atoms with Gasteiger partial charge in [-0.15, -0.1) is 0 Å². The first kappa shape index (κ1) is 17.4. The van der Waals surface area contributed by atoms with E-state index in [-0.39, 0.29) is 4.90 Å². The van der Waals surface area contributed by atoms with Crippen LogP contribution in [-0.2, 0) is 29.7 Å². The van der Waals surface area contributed by atoms with Crippen molar-refractivity contribution < 1.29 is 21.6 Å². The third kappa shape index (κ3) is 2.21. The molecule has 2 bridgehead atoms. The van der Waals surface area contributed by atoms with Gasteiger partial charge in [-0.25, -0.2) is 8.42 Å². The smallest absolute Gasteiger partial charge is 0.282 e. The van der Waals surface area contributed by atoms with Gasteiger partial charge in [-0.3, -0.25) is 14.8 Å². The first-order valence-corrected chi connectivity index (χ1v) is 9.74. The average molecular weight is 410 g/mol. The number of halogens is 3. The van der Waals surface area contributed by atoms with E-state index >= 15 is 0 Å². The van der Waals surface area contributed by atoms with Gasteiger partial charge in [0.1, 0.15) is 10.6 Å². The number of hydrogen-bond acceptors (Lipinski definition) is 5. The standard InChI is InChI=1S/C16H13F3N6O2S/c1-24-15-10(7-22-24)14-9-6-21-23-11(9)4-12(15)25(14)28(26,27)8-2-3-13(20-5-8)16(17,18)19/h2-3,5-7,12,14H,4H2,1H3,(H,21,23)/t12-,14+/m1/s1. The van der Waals surface area contributed by atoms with Crippen molar-refractivity contribution in [3.05, 3.63) is 58.9 Å². The maximum Gasteiger partial charge on any atom is 0.433 e. The summed E-state index contributed by atoms with van der Waals surface area (Å²) in [5.41, 5.74) is 1.92. The summed E-state index contributed by atoms with van der Waals surface area (Å²) in [5, 5.41) is 11.2. The molecule has 28 heavy (non-hydrogen) atoms. The van der Waals surface area contributed by atoms with Crippen LogP contribution in [0.5, 0.6) is 0 Å². The van der Waals surface area contributed by atoms with Crippen LogP contribution in [0.3, 0.4) is 0 Å². The van der Waals surface area contributed by atoms with E-state index in [1.54, 1.807) is 24.1 Å². The first-order valence-electron chi connectivity index (χ1n) is 8.30. The summed E-state index contributed by atoms with van der Waals surface area (Å²) in [6, 6.07) is 0.450. The highest BCUT2D eigenvalue weighted by atomic mass is 32.2. The van der Waals surface area contributed by atoms with E-state index in [0.29, 0.717) is 18.1 Å². The molecule has 0 radical (unpaired) electrons. The third-order valence-corrected chi connectivity index (χ3v) is 7.09. The number of nitrogens with zero attached hydrogens (tertiary/aromatic N) is 5. The minimum atomic E-state index is -4.64. The molecule has 0 unspecified atom stereocenters. The van der Waals surface area contributed by atoms with Gasteiger partial charge >= 0.3 is 6.18 Å². The zero-order valence-corrected chi connectivity index (χ0v) is 15.2. The number of nitrogens with one attached hydrogen (secondary N) is 1. The number of fused-ring (bicyclic) bond motifs is 7. The number of pyridine rings is 1. The lowest BCUT2D eigenvalue weighted by Gasteiger charge is -2.33. The Balaban J connectivity index is 1.63. The number of H-pyrrole nitrogens is 1. The summed E-state index contributed by atoms with van der Waals surface area (Å²) < 4.78 is 68.0. The maximum absolute atomic E-state index is 13.4. The third-order valence-electron chi connectivity index (χ3n) is 5.23. The Kier molecular flexibility index (Phi) is 3.36. The molecule has 2 atom stereocenters. The molecule has 2 aliphatic rings. The Morgan fingerprint density at radius 3 is 2.64 bits per heavy atom. The van der Waals surface area contributed by atoms with Crippen molar-refractivity contribution >= 4 is 10.0 Å². The van der Waals surface area contributed by atoms with Crippen LogP contribution in [0.15, 0.2) is 35.6 Å². The molecule has 0 spiro atoms. The van der Waals surface area contributed by atoms with Gasteiger partial charge in [0, 0.05) is 36.5 Å². The van der Waals surface area contributed by atoms with Crippen molar-refractivity contribution in [2.75, 3.05) is 0 Å². The number of aromatic amines is 1. The molecule has 3 aromatic rings. The second-order valence-corrected chi connectivity index (χ2v) is 8.59. The van der Waals surface area contributed by atoms with Gasteiger partial charge in [0.15, 0.2) is 0 Å². The zero-order chi connectivity index (χ0) is 19.8. The Hall–Kier alpha value is -2.73. The van der Waals surface area contributed by atoms with Crippen LogP contribution >= 0.6 is 0 Å². The Labute approximate surface area is 157 Å². The molecule has 8 nitrogen and oxygen atoms in total. The Morgan fingerprint density at radius 2 is 1.96 bits per heavy atom. The molecule has 0 saturated heterocycles. The van der Waals surface area contributed by atoms with Gasteiger partial charge in [0.05, 0.1) is 30.2 Å². The van der Waals surface area contributed by atoms with Crippen LogP contribution < -0.4 is 0 Å². The molecular formula is C16H13F3N6O2S. The van der Waals surface area contributed by atoms with Crippen LogP contribution in [0.25, 0.3) is 0 Å². The van der Waals surface area contributed by atoms with Crippen molar-refractivity contribution in [1.29, 1.82) is 0 Å². The summed E-state index contributed by atoms with van der Waals surface area (Å²) in [6.07, 6.45) is -0.321. The van der Waals surface area contributed by atoms with Crippen LogP contribution in [0, 0.1) is 0 Å². The lowest BCUT2D eigenvalue weighted by molar-refractivity contribution is -0.141. The van der Waals surface area contributed by atoms with Crippen molar-refractivity contribution in [1.82, 2.24) is 29.3 Å². The Bertz CT molecular complexity index is 1180. The van der Waals surface area contributed by atoms with Crippen molar-refractivity contribution in [2.45, 2.75) is 29.6 Å². The van der Waals surface area contributed by atoms with Gasteiger partial charge in [-0.2, -0.15) is 27.7 Å². The molecule has 12 heteroatoms. The minimum absolute atomic E-state index is 0.289. The molecule has 3 aromatic heterocycles. The van der Waals surface area contributed by atoms with Gasteiger partial charge in [-0.05, 0) is 12.1 Å². The molecule has 0 aliphatic carbocycles. The highest BCUT2D eigenvalue weighted by molar-refractivity contribution is 7.89. The largest absolute Gasteiger partial charge is 0.433 e.